The van der Waals surface area contributed by atoms with E-state index in [1.54, 1.807) is 17.9 Å². The molecule has 0 spiro atoms. The van der Waals surface area contributed by atoms with Gasteiger partial charge in [-0.25, -0.2) is 0 Å². The van der Waals surface area contributed by atoms with Crippen molar-refractivity contribution in [3.63, 3.8) is 0 Å². The molecule has 0 bridgehead atoms. The molecular weight excluding hydrogens is 334 g/mol. The second-order valence-corrected chi connectivity index (χ2v) is 6.21. The van der Waals surface area contributed by atoms with E-state index in [9.17, 15) is 14.4 Å². The van der Waals surface area contributed by atoms with Gasteiger partial charge in [-0.1, -0.05) is 12.1 Å². The Labute approximate surface area is 151 Å². The molecule has 0 aliphatic carbocycles. The predicted octanol–water partition coefficient (Wildman–Crippen LogP) is 1.84. The predicted molar refractivity (Wildman–Crippen MR) is 95.5 cm³/mol. The number of carbonyl (C=O) groups excluding carboxylic acids is 3. The number of amides is 3. The van der Waals surface area contributed by atoms with E-state index < -0.39 is 11.9 Å². The summed E-state index contributed by atoms with van der Waals surface area (Å²) < 4.78 is 4.99. The van der Waals surface area contributed by atoms with Crippen molar-refractivity contribution in [1.82, 2.24) is 10.6 Å². The minimum atomic E-state index is -0.686. The molecule has 136 valence electrons. The molecule has 0 saturated carbocycles. The number of carbonyl (C=O) groups is 3. The van der Waals surface area contributed by atoms with Crippen LogP contribution < -0.4 is 15.5 Å². The summed E-state index contributed by atoms with van der Waals surface area (Å²) in [4.78, 5) is 37.5. The maximum absolute atomic E-state index is 12.1. The van der Waals surface area contributed by atoms with Crippen LogP contribution >= 0.6 is 0 Å². The molecule has 1 fully saturated rings. The number of hydrogen-bond acceptors (Lipinski definition) is 4. The van der Waals surface area contributed by atoms with Gasteiger partial charge in [0, 0.05) is 25.2 Å². The molecule has 1 aromatic carbocycles. The van der Waals surface area contributed by atoms with E-state index >= 15 is 0 Å². The first kappa shape index (κ1) is 17.7. The summed E-state index contributed by atoms with van der Waals surface area (Å²) in [6.45, 7) is 2.70. The lowest BCUT2D eigenvalue weighted by Gasteiger charge is -2.16. The van der Waals surface area contributed by atoms with Crippen LogP contribution in [-0.2, 0) is 16.1 Å². The highest BCUT2D eigenvalue weighted by Gasteiger charge is 2.21. The molecule has 3 amide bonds. The zero-order valence-corrected chi connectivity index (χ0v) is 14.5. The molecule has 0 radical (unpaired) electrons. The molecule has 26 heavy (non-hydrogen) atoms. The number of rotatable bonds is 6. The molecule has 1 aliphatic rings. The van der Waals surface area contributed by atoms with Crippen molar-refractivity contribution in [2.45, 2.75) is 32.4 Å². The van der Waals surface area contributed by atoms with Gasteiger partial charge in [-0.15, -0.1) is 0 Å². The molecule has 1 unspecified atom stereocenters. The third-order valence-electron chi connectivity index (χ3n) is 4.27. The SMILES string of the molecule is CC(NC(=O)c1ccco1)C(=O)NCc1ccc(N2CCCC2=O)cc1. The van der Waals surface area contributed by atoms with Crippen LogP contribution in [0.25, 0.3) is 0 Å². The van der Waals surface area contributed by atoms with Crippen LogP contribution in [0.2, 0.25) is 0 Å². The average Bonchev–Trinajstić information content (AvgIpc) is 3.31. The van der Waals surface area contributed by atoms with E-state index in [0.29, 0.717) is 13.0 Å². The third-order valence-corrected chi connectivity index (χ3v) is 4.27. The van der Waals surface area contributed by atoms with Crippen molar-refractivity contribution in [3.8, 4) is 0 Å². The lowest BCUT2D eigenvalue weighted by molar-refractivity contribution is -0.122. The first-order valence-electron chi connectivity index (χ1n) is 8.56. The second-order valence-electron chi connectivity index (χ2n) is 6.21. The van der Waals surface area contributed by atoms with Gasteiger partial charge in [0.25, 0.3) is 5.91 Å². The fourth-order valence-electron chi connectivity index (χ4n) is 2.80. The number of nitrogens with one attached hydrogen (secondary N) is 2. The number of furan rings is 1. The molecule has 1 atom stereocenters. The largest absolute Gasteiger partial charge is 0.459 e. The van der Waals surface area contributed by atoms with Gasteiger partial charge in [0.2, 0.25) is 11.8 Å². The Bertz CT molecular complexity index is 784. The van der Waals surface area contributed by atoms with Crippen LogP contribution in [0.15, 0.2) is 47.1 Å². The van der Waals surface area contributed by atoms with E-state index in [-0.39, 0.29) is 17.6 Å². The van der Waals surface area contributed by atoms with Crippen molar-refractivity contribution in [3.05, 3.63) is 54.0 Å². The van der Waals surface area contributed by atoms with Crippen molar-refractivity contribution in [1.29, 1.82) is 0 Å². The van der Waals surface area contributed by atoms with Crippen molar-refractivity contribution in [2.24, 2.45) is 0 Å². The lowest BCUT2D eigenvalue weighted by Crippen LogP contribution is -2.44. The average molecular weight is 355 g/mol. The van der Waals surface area contributed by atoms with Crippen molar-refractivity contribution < 1.29 is 18.8 Å². The minimum absolute atomic E-state index is 0.146. The summed E-state index contributed by atoms with van der Waals surface area (Å²) in [5.74, 6) is -0.412. The first-order valence-corrected chi connectivity index (χ1v) is 8.56. The smallest absolute Gasteiger partial charge is 0.287 e. The highest BCUT2D eigenvalue weighted by Crippen LogP contribution is 2.21. The fraction of sp³-hybridized carbons (Fsp3) is 0.316. The Kier molecular flexibility index (Phi) is 5.36. The zero-order chi connectivity index (χ0) is 18.5. The van der Waals surface area contributed by atoms with Gasteiger partial charge in [-0.3, -0.25) is 14.4 Å². The molecule has 1 aliphatic heterocycles. The Morgan fingerprint density at radius 3 is 2.62 bits per heavy atom. The maximum atomic E-state index is 12.1. The van der Waals surface area contributed by atoms with Crippen molar-refractivity contribution >= 4 is 23.4 Å². The molecule has 2 aromatic rings. The van der Waals surface area contributed by atoms with E-state index in [0.717, 1.165) is 24.2 Å². The summed E-state index contributed by atoms with van der Waals surface area (Å²) in [5.41, 5.74) is 1.79. The van der Waals surface area contributed by atoms with Crippen LogP contribution in [0.3, 0.4) is 0 Å². The summed E-state index contributed by atoms with van der Waals surface area (Å²) in [6, 6.07) is 9.99. The maximum Gasteiger partial charge on any atom is 0.287 e. The highest BCUT2D eigenvalue weighted by atomic mass is 16.3. The Balaban J connectivity index is 1.49. The van der Waals surface area contributed by atoms with Crippen LogP contribution in [0, 0.1) is 0 Å². The van der Waals surface area contributed by atoms with E-state index in [1.165, 1.54) is 12.3 Å². The number of benzene rings is 1. The van der Waals surface area contributed by atoms with Crippen LogP contribution in [0.1, 0.15) is 35.9 Å². The normalized spacial score (nSPS) is 15.0. The summed E-state index contributed by atoms with van der Waals surface area (Å²) >= 11 is 0. The summed E-state index contributed by atoms with van der Waals surface area (Å²) in [6.07, 6.45) is 2.89. The Hall–Kier alpha value is -3.09. The first-order chi connectivity index (χ1) is 12.5. The van der Waals surface area contributed by atoms with Crippen LogP contribution in [0.4, 0.5) is 5.69 Å². The van der Waals surface area contributed by atoms with Gasteiger partial charge in [0.1, 0.15) is 6.04 Å². The van der Waals surface area contributed by atoms with E-state index in [1.807, 2.05) is 24.3 Å². The number of hydrogen-bond donors (Lipinski definition) is 2. The molecule has 2 heterocycles. The van der Waals surface area contributed by atoms with Gasteiger partial charge in [0.15, 0.2) is 5.76 Å². The molecule has 1 saturated heterocycles. The molecule has 3 rings (SSSR count). The molecule has 2 N–H and O–H groups in total. The standard InChI is InChI=1S/C19H21N3O4/c1-13(21-19(25)16-4-3-11-26-16)18(24)20-12-14-6-8-15(9-7-14)22-10-2-5-17(22)23/h3-4,6-9,11,13H,2,5,10,12H2,1H3,(H,20,24)(H,21,25). The summed E-state index contributed by atoms with van der Waals surface area (Å²) in [7, 11) is 0. The lowest BCUT2D eigenvalue weighted by atomic mass is 10.2. The fourth-order valence-corrected chi connectivity index (χ4v) is 2.80. The molecule has 7 nitrogen and oxygen atoms in total. The van der Waals surface area contributed by atoms with Gasteiger partial charge in [0.05, 0.1) is 6.26 Å². The quantitative estimate of drug-likeness (QED) is 0.827. The summed E-state index contributed by atoms with van der Waals surface area (Å²) in [5, 5.41) is 5.36. The van der Waals surface area contributed by atoms with Crippen molar-refractivity contribution in [2.75, 3.05) is 11.4 Å². The molecule has 1 aromatic heterocycles. The second kappa shape index (κ2) is 7.86. The van der Waals surface area contributed by atoms with E-state index in [2.05, 4.69) is 10.6 Å². The molecule has 7 heteroatoms. The monoisotopic (exact) mass is 355 g/mol. The zero-order valence-electron chi connectivity index (χ0n) is 14.5. The third kappa shape index (κ3) is 4.11. The topological polar surface area (TPSA) is 91.7 Å². The number of nitrogens with zero attached hydrogens (tertiary/aromatic N) is 1. The van der Waals surface area contributed by atoms with Crippen LogP contribution in [-0.4, -0.2) is 30.3 Å². The van der Waals surface area contributed by atoms with Gasteiger partial charge in [-0.05, 0) is 43.2 Å². The Morgan fingerprint density at radius 1 is 1.23 bits per heavy atom. The number of anilines is 1. The highest BCUT2D eigenvalue weighted by molar-refractivity contribution is 5.96. The van der Waals surface area contributed by atoms with Gasteiger partial charge >= 0.3 is 0 Å². The van der Waals surface area contributed by atoms with E-state index in [4.69, 9.17) is 4.42 Å². The van der Waals surface area contributed by atoms with Gasteiger partial charge < -0.3 is 20.0 Å². The van der Waals surface area contributed by atoms with Crippen LogP contribution in [0.5, 0.6) is 0 Å². The van der Waals surface area contributed by atoms with Gasteiger partial charge in [-0.2, -0.15) is 0 Å². The molecular formula is C19H21N3O4. The Morgan fingerprint density at radius 2 is 2.00 bits per heavy atom. The minimum Gasteiger partial charge on any atom is -0.459 e.